The first kappa shape index (κ1) is 43.3. The van der Waals surface area contributed by atoms with Gasteiger partial charge in [-0.3, -0.25) is 4.79 Å². The van der Waals surface area contributed by atoms with Gasteiger partial charge in [-0.05, 0) is 170 Å². The third-order valence-electron chi connectivity index (χ3n) is 18.7. The van der Waals surface area contributed by atoms with E-state index in [0.717, 1.165) is 44.7 Å². The first-order chi connectivity index (χ1) is 26.7. The summed E-state index contributed by atoms with van der Waals surface area (Å²) in [6.07, 6.45) is 13.3. The smallest absolute Gasteiger partial charge is 0.312 e. The summed E-state index contributed by atoms with van der Waals surface area (Å²) in [5.41, 5.74) is 0.151. The van der Waals surface area contributed by atoms with Crippen LogP contribution in [0, 0.1) is 68.5 Å². The summed E-state index contributed by atoms with van der Waals surface area (Å²) >= 11 is 0. The van der Waals surface area contributed by atoms with Gasteiger partial charge in [0, 0.05) is 0 Å². The van der Waals surface area contributed by atoms with E-state index in [1.165, 1.54) is 48.0 Å². The predicted octanol–water partition coefficient (Wildman–Crippen LogP) is 8.26. The summed E-state index contributed by atoms with van der Waals surface area (Å²) in [5.74, 6) is 3.67. The van der Waals surface area contributed by atoms with Gasteiger partial charge in [0.2, 0.25) is 0 Å². The van der Waals surface area contributed by atoms with Crippen molar-refractivity contribution in [1.29, 1.82) is 0 Å². The van der Waals surface area contributed by atoms with Crippen molar-refractivity contribution in [3.05, 3.63) is 91.0 Å². The zero-order chi connectivity index (χ0) is 39.7. The third kappa shape index (κ3) is 6.47. The van der Waals surface area contributed by atoms with Gasteiger partial charge in [-0.25, -0.2) is 0 Å². The van der Waals surface area contributed by atoms with E-state index in [2.05, 4.69) is 139 Å². The monoisotopic (exact) mass is 902 g/mol. The lowest BCUT2D eigenvalue weighted by Gasteiger charge is -2.73. The molecule has 310 valence electrons. The molecule has 3 nitrogen and oxygen atoms in total. The molecule has 5 aliphatic rings. The Hall–Kier alpha value is -1.75. The number of fused-ring (bicyclic) bond motifs is 7. The standard InChI is InChI=1S/C52H72O3P.HI/c1-36(2)41-28-31-52(47(54)55-8)33-32-50(6)42(45(41)52)26-27-44-49(5)35-37(46(53)48(3,4)43(49)29-30-51(44,50)7)19-18-34-56(38-20-12-9-13-21-38,39-22-14-10-15-23-39)40-24-16-11-17-25-40;/h9-17,20-25,36-37,41-46,53H,18-19,26-35H2,1-8H3;1H/q+1;/p-1/t37-,41-,42+,43-,44+,45+,46-,49-,50+,51+,52-;/m0./s1. The Morgan fingerprint density at radius 1 is 0.737 bits per heavy atom. The maximum absolute atomic E-state index is 13.8. The minimum Gasteiger partial charge on any atom is -1.00 e. The van der Waals surface area contributed by atoms with Crippen LogP contribution < -0.4 is 39.9 Å². The molecule has 5 saturated carbocycles. The molecule has 5 aliphatic carbocycles. The van der Waals surface area contributed by atoms with Crippen LogP contribution in [-0.2, 0) is 9.53 Å². The number of ether oxygens (including phenoxy) is 1. The van der Waals surface area contributed by atoms with Crippen LogP contribution in [0.25, 0.3) is 0 Å². The summed E-state index contributed by atoms with van der Waals surface area (Å²) in [6.45, 7) is 17.7. The number of hydrogen-bond donors (Lipinski definition) is 1. The van der Waals surface area contributed by atoms with Crippen LogP contribution in [-0.4, -0.2) is 30.5 Å². The van der Waals surface area contributed by atoms with Crippen molar-refractivity contribution < 1.29 is 38.6 Å². The van der Waals surface area contributed by atoms with Gasteiger partial charge >= 0.3 is 5.97 Å². The molecule has 1 N–H and O–H groups in total. The number of esters is 1. The summed E-state index contributed by atoms with van der Waals surface area (Å²) in [6, 6.07) is 34.0. The highest BCUT2D eigenvalue weighted by Gasteiger charge is 2.72. The number of aliphatic hydroxyl groups excluding tert-OH is 1. The van der Waals surface area contributed by atoms with Gasteiger partial charge < -0.3 is 33.8 Å². The van der Waals surface area contributed by atoms with Crippen molar-refractivity contribution >= 4 is 29.1 Å². The quantitative estimate of drug-likeness (QED) is 0.134. The van der Waals surface area contributed by atoms with Crippen molar-refractivity contribution in [2.45, 2.75) is 125 Å². The largest absolute Gasteiger partial charge is 1.00 e. The normalized spacial score (nSPS) is 38.2. The average Bonchev–Trinajstić information content (AvgIpc) is 3.61. The van der Waals surface area contributed by atoms with Crippen molar-refractivity contribution in [3.63, 3.8) is 0 Å². The van der Waals surface area contributed by atoms with Gasteiger partial charge in [-0.1, -0.05) is 103 Å². The van der Waals surface area contributed by atoms with Crippen molar-refractivity contribution in [1.82, 2.24) is 0 Å². The topological polar surface area (TPSA) is 46.5 Å². The Balaban J connectivity index is 0.00000496. The van der Waals surface area contributed by atoms with Gasteiger partial charge in [-0.2, -0.15) is 0 Å². The molecule has 0 saturated heterocycles. The summed E-state index contributed by atoms with van der Waals surface area (Å²) in [4.78, 5) is 13.8. The average molecular weight is 903 g/mol. The SMILES string of the molecule is COC(=O)[C@]12CC[C@@H](C(C)C)[C@@H]1[C@H]1CC[C@@H]3[C@@]4(C)C[C@H](CCC[P+](c5ccccc5)(c5ccccc5)c5ccccc5)[C@H](O)C(C)(C)[C@@H]4CC[C@@]3(C)[C@]1(C)CC2.[I-]. The molecule has 0 unspecified atom stereocenters. The molecule has 5 fully saturated rings. The van der Waals surface area contributed by atoms with Crippen molar-refractivity contribution in [3.8, 4) is 0 Å². The van der Waals surface area contributed by atoms with E-state index in [-0.39, 0.29) is 69.0 Å². The number of methoxy groups -OCH3 is 1. The molecule has 3 aromatic rings. The van der Waals surface area contributed by atoms with E-state index in [1.807, 2.05) is 0 Å². The van der Waals surface area contributed by atoms with Crippen molar-refractivity contribution in [2.75, 3.05) is 13.3 Å². The van der Waals surface area contributed by atoms with Gasteiger partial charge in [0.05, 0.1) is 24.8 Å². The van der Waals surface area contributed by atoms with Crippen LogP contribution in [0.3, 0.4) is 0 Å². The molecule has 8 rings (SSSR count). The van der Waals surface area contributed by atoms with E-state index in [4.69, 9.17) is 4.74 Å². The molecule has 0 bridgehead atoms. The van der Waals surface area contributed by atoms with Gasteiger partial charge in [0.1, 0.15) is 23.2 Å². The summed E-state index contributed by atoms with van der Waals surface area (Å²) in [5, 5.41) is 16.8. The van der Waals surface area contributed by atoms with E-state index in [0.29, 0.717) is 35.5 Å². The van der Waals surface area contributed by atoms with E-state index >= 15 is 0 Å². The second-order valence-corrected chi connectivity index (χ2v) is 24.8. The van der Waals surface area contributed by atoms with E-state index in [9.17, 15) is 9.90 Å². The Morgan fingerprint density at radius 3 is 1.82 bits per heavy atom. The Morgan fingerprint density at radius 2 is 1.30 bits per heavy atom. The van der Waals surface area contributed by atoms with E-state index < -0.39 is 7.26 Å². The maximum atomic E-state index is 13.8. The van der Waals surface area contributed by atoms with Crippen LogP contribution >= 0.6 is 7.26 Å². The molecular weight excluding hydrogens is 830 g/mol. The molecular formula is C52H72IO3P. The molecule has 5 heteroatoms. The number of rotatable bonds is 9. The zero-order valence-corrected chi connectivity index (χ0v) is 39.4. The highest BCUT2D eigenvalue weighted by molar-refractivity contribution is 7.95. The number of aliphatic hydroxyl groups is 1. The number of hydrogen-bond acceptors (Lipinski definition) is 3. The van der Waals surface area contributed by atoms with Gasteiger partial charge in [-0.15, -0.1) is 0 Å². The highest BCUT2D eigenvalue weighted by Crippen LogP contribution is 2.78. The van der Waals surface area contributed by atoms with Crippen molar-refractivity contribution in [2.24, 2.45) is 68.5 Å². The predicted molar refractivity (Wildman–Crippen MR) is 235 cm³/mol. The Kier molecular flexibility index (Phi) is 12.1. The highest BCUT2D eigenvalue weighted by atomic mass is 127. The maximum Gasteiger partial charge on any atom is 0.312 e. The van der Waals surface area contributed by atoms with Gasteiger partial charge in [0.25, 0.3) is 0 Å². The molecule has 57 heavy (non-hydrogen) atoms. The summed E-state index contributed by atoms with van der Waals surface area (Å²) < 4.78 is 5.67. The molecule has 0 heterocycles. The third-order valence-corrected chi connectivity index (χ3v) is 23.2. The minimum absolute atomic E-state index is 0. The van der Waals surface area contributed by atoms with Crippen LogP contribution in [0.1, 0.15) is 119 Å². The lowest BCUT2D eigenvalue weighted by Crippen LogP contribution is -3.00. The molecule has 0 aromatic heterocycles. The molecule has 3 aromatic carbocycles. The molecule has 11 atom stereocenters. The summed E-state index contributed by atoms with van der Waals surface area (Å²) in [7, 11) is -0.297. The minimum atomic E-state index is -1.93. The Labute approximate surface area is 363 Å². The fourth-order valence-electron chi connectivity index (χ4n) is 16.0. The molecule has 0 radical (unpaired) electrons. The second kappa shape index (κ2) is 15.9. The fourth-order valence-corrected chi connectivity index (χ4v) is 20.4. The van der Waals surface area contributed by atoms with Crippen LogP contribution in [0.2, 0.25) is 0 Å². The Bertz CT molecular complexity index is 1750. The molecule has 0 spiro atoms. The lowest BCUT2D eigenvalue weighted by molar-refractivity contribution is -0.258. The lowest BCUT2D eigenvalue weighted by atomic mass is 9.31. The second-order valence-electron chi connectivity index (χ2n) is 21.2. The molecule has 0 amide bonds. The number of carbonyl (C=O) groups is 1. The number of carbonyl (C=O) groups excluding carboxylic acids is 1. The number of benzene rings is 3. The van der Waals surface area contributed by atoms with Crippen LogP contribution in [0.5, 0.6) is 0 Å². The fraction of sp³-hybridized carbons (Fsp3) is 0.635. The van der Waals surface area contributed by atoms with Crippen LogP contribution in [0.15, 0.2) is 91.0 Å². The van der Waals surface area contributed by atoms with Gasteiger partial charge in [0.15, 0.2) is 0 Å². The molecule has 0 aliphatic heterocycles. The first-order valence-electron chi connectivity index (χ1n) is 22.5. The van der Waals surface area contributed by atoms with E-state index in [1.54, 1.807) is 7.11 Å². The number of halogens is 1. The zero-order valence-electron chi connectivity index (χ0n) is 36.4. The first-order valence-corrected chi connectivity index (χ1v) is 24.5. The van der Waals surface area contributed by atoms with Crippen LogP contribution in [0.4, 0.5) is 0 Å².